The van der Waals surface area contributed by atoms with Crippen LogP contribution in [0.3, 0.4) is 0 Å². The molecule has 1 aliphatic rings. The maximum atomic E-state index is 12.6. The summed E-state index contributed by atoms with van der Waals surface area (Å²) in [4.78, 5) is 25.9. The molecule has 0 saturated carbocycles. The number of unbranched alkanes of at least 4 members (excludes halogenated alkanes) is 1. The van der Waals surface area contributed by atoms with E-state index >= 15 is 0 Å². The van der Waals surface area contributed by atoms with Gasteiger partial charge in [-0.05, 0) is 48.6 Å². The number of carbonyl (C=O) groups is 2. The molecule has 0 saturated heterocycles. The van der Waals surface area contributed by atoms with E-state index in [0.29, 0.717) is 49.2 Å². The first kappa shape index (κ1) is 19.9. The molecule has 1 aromatic rings. The molecule has 0 bridgehead atoms. The van der Waals surface area contributed by atoms with Crippen LogP contribution < -0.4 is 4.74 Å². The Hall–Kier alpha value is -2.37. The van der Waals surface area contributed by atoms with Gasteiger partial charge in [0.2, 0.25) is 0 Å². The van der Waals surface area contributed by atoms with Crippen LogP contribution in [0.1, 0.15) is 49.0 Å². The largest absolute Gasteiger partial charge is 0.489 e. The third kappa shape index (κ3) is 5.31. The predicted octanol–water partition coefficient (Wildman–Crippen LogP) is 3.67. The zero-order valence-corrected chi connectivity index (χ0v) is 15.4. The van der Waals surface area contributed by atoms with Crippen LogP contribution >= 0.6 is 0 Å². The van der Waals surface area contributed by atoms with Crippen molar-refractivity contribution in [3.63, 3.8) is 0 Å². The van der Waals surface area contributed by atoms with E-state index in [-0.39, 0.29) is 25.0 Å². The van der Waals surface area contributed by atoms with Gasteiger partial charge in [-0.25, -0.2) is 4.39 Å². The molecule has 0 radical (unpaired) electrons. The number of fused-ring (bicyclic) bond motifs is 1. The van der Waals surface area contributed by atoms with Crippen molar-refractivity contribution in [3.8, 4) is 5.75 Å². The molecule has 1 heterocycles. The fourth-order valence-electron chi connectivity index (χ4n) is 2.67. The smallest absolute Gasteiger partial charge is 0.325 e. The summed E-state index contributed by atoms with van der Waals surface area (Å²) in [5.41, 5.74) is 2.03. The van der Waals surface area contributed by atoms with Crippen molar-refractivity contribution >= 4 is 11.9 Å². The molecule has 1 amide bonds. The molecule has 5 nitrogen and oxygen atoms in total. The number of halogens is 1. The molecule has 0 atom stereocenters. The fourth-order valence-corrected chi connectivity index (χ4v) is 2.67. The van der Waals surface area contributed by atoms with Gasteiger partial charge in [0, 0.05) is 12.1 Å². The van der Waals surface area contributed by atoms with Crippen molar-refractivity contribution in [2.75, 3.05) is 26.3 Å². The number of ether oxygens (including phenoxy) is 2. The van der Waals surface area contributed by atoms with E-state index in [1.54, 1.807) is 12.1 Å². The molecular weight excluding hydrogens is 337 g/mol. The van der Waals surface area contributed by atoms with E-state index in [1.807, 2.05) is 19.9 Å². The summed E-state index contributed by atoms with van der Waals surface area (Å²) in [5, 5.41) is 0. The second kappa shape index (κ2) is 9.94. The second-order valence-corrected chi connectivity index (χ2v) is 6.28. The first-order valence-electron chi connectivity index (χ1n) is 9.07. The fraction of sp³-hybridized carbons (Fsp3) is 0.500. The first-order valence-corrected chi connectivity index (χ1v) is 9.07. The first-order chi connectivity index (χ1) is 12.6. The minimum Gasteiger partial charge on any atom is -0.489 e. The molecule has 0 aliphatic carbocycles. The van der Waals surface area contributed by atoms with Crippen molar-refractivity contribution in [3.05, 3.63) is 41.2 Å². The van der Waals surface area contributed by atoms with Crippen molar-refractivity contribution in [2.45, 2.75) is 39.5 Å². The van der Waals surface area contributed by atoms with Crippen molar-refractivity contribution < 1.29 is 23.5 Å². The summed E-state index contributed by atoms with van der Waals surface area (Å²) in [6.07, 6.45) is 3.57. The molecular formula is C20H26FNO4. The molecule has 1 aliphatic heterocycles. The van der Waals surface area contributed by atoms with E-state index in [4.69, 9.17) is 9.47 Å². The lowest BCUT2D eigenvalue weighted by molar-refractivity contribution is -0.144. The van der Waals surface area contributed by atoms with Crippen molar-refractivity contribution in [1.82, 2.24) is 4.90 Å². The summed E-state index contributed by atoms with van der Waals surface area (Å²) < 4.78 is 23.3. The Labute approximate surface area is 153 Å². The van der Waals surface area contributed by atoms with Crippen LogP contribution in [0.5, 0.6) is 5.75 Å². The van der Waals surface area contributed by atoms with Gasteiger partial charge in [0.1, 0.15) is 18.9 Å². The topological polar surface area (TPSA) is 55.8 Å². The quantitative estimate of drug-likeness (QED) is 0.496. The number of nitrogens with zero attached hydrogens (tertiary/aromatic N) is 1. The lowest BCUT2D eigenvalue weighted by atomic mass is 9.98. The van der Waals surface area contributed by atoms with Crippen LogP contribution in [0.15, 0.2) is 30.1 Å². The second-order valence-electron chi connectivity index (χ2n) is 6.28. The van der Waals surface area contributed by atoms with E-state index < -0.39 is 0 Å². The molecule has 2 rings (SSSR count). The van der Waals surface area contributed by atoms with Gasteiger partial charge in [-0.3, -0.25) is 9.59 Å². The molecule has 0 fully saturated rings. The van der Waals surface area contributed by atoms with Gasteiger partial charge in [0.15, 0.2) is 0 Å². The summed E-state index contributed by atoms with van der Waals surface area (Å²) in [6, 6.07) is 5.22. The highest BCUT2D eigenvalue weighted by Crippen LogP contribution is 2.24. The number of carbonyl (C=O) groups excluding carboxylic acids is 2. The van der Waals surface area contributed by atoms with Gasteiger partial charge < -0.3 is 14.4 Å². The third-order valence-corrected chi connectivity index (χ3v) is 4.36. The van der Waals surface area contributed by atoms with Crippen LogP contribution in [-0.2, 0) is 16.0 Å². The number of hydrogen-bond donors (Lipinski definition) is 0. The van der Waals surface area contributed by atoms with Crippen LogP contribution in [-0.4, -0.2) is 43.1 Å². The highest BCUT2D eigenvalue weighted by molar-refractivity contribution is 5.98. The molecule has 0 unspecified atom stereocenters. The molecule has 0 N–H and O–H groups in total. The average molecular weight is 363 g/mol. The zero-order chi connectivity index (χ0) is 18.9. The lowest BCUT2D eigenvalue weighted by Gasteiger charge is -2.28. The van der Waals surface area contributed by atoms with Crippen LogP contribution in [0.25, 0.3) is 0 Å². The van der Waals surface area contributed by atoms with Gasteiger partial charge in [-0.1, -0.05) is 20.3 Å². The summed E-state index contributed by atoms with van der Waals surface area (Å²) in [5.74, 6) is 0.0558. The highest BCUT2D eigenvalue weighted by atomic mass is 19.1. The maximum Gasteiger partial charge on any atom is 0.325 e. The van der Waals surface area contributed by atoms with E-state index in [9.17, 15) is 14.0 Å². The van der Waals surface area contributed by atoms with Gasteiger partial charge in [-0.15, -0.1) is 0 Å². The number of hydrogen-bond acceptors (Lipinski definition) is 4. The molecule has 26 heavy (non-hydrogen) atoms. The highest BCUT2D eigenvalue weighted by Gasteiger charge is 2.26. The monoisotopic (exact) mass is 363 g/mol. The van der Waals surface area contributed by atoms with E-state index in [2.05, 4.69) is 0 Å². The minimum atomic E-state index is -0.375. The van der Waals surface area contributed by atoms with Gasteiger partial charge in [0.05, 0.1) is 12.9 Å². The Bertz CT molecular complexity index is 672. The molecule has 0 aromatic heterocycles. The summed E-state index contributed by atoms with van der Waals surface area (Å²) in [6.45, 7) is 4.90. The van der Waals surface area contributed by atoms with E-state index in [0.717, 1.165) is 18.4 Å². The van der Waals surface area contributed by atoms with Gasteiger partial charge in [-0.2, -0.15) is 0 Å². The SMILES string of the molecule is CCCCOC(=O)CN1CCc2cc(OC/C(=C\F)CC)ccc2C1=O. The predicted molar refractivity (Wildman–Crippen MR) is 96.9 cm³/mol. The number of amides is 1. The maximum absolute atomic E-state index is 12.6. The minimum absolute atomic E-state index is 0.0264. The zero-order valence-electron chi connectivity index (χ0n) is 15.4. The third-order valence-electron chi connectivity index (χ3n) is 4.36. The Morgan fingerprint density at radius 2 is 2.15 bits per heavy atom. The Morgan fingerprint density at radius 1 is 1.35 bits per heavy atom. The van der Waals surface area contributed by atoms with Gasteiger partial charge >= 0.3 is 5.97 Å². The molecule has 142 valence electrons. The molecule has 6 heteroatoms. The molecule has 0 spiro atoms. The number of rotatable bonds is 9. The normalized spacial score (nSPS) is 14.2. The van der Waals surface area contributed by atoms with Crippen molar-refractivity contribution in [2.24, 2.45) is 0 Å². The standard InChI is InChI=1S/C20H26FNO4/c1-3-5-10-25-19(23)13-22-9-8-16-11-17(6-7-18(16)20(22)24)26-14-15(4-2)12-21/h6-7,11-12H,3-5,8-10,13-14H2,1-2H3/b15-12-. The van der Waals surface area contributed by atoms with Crippen LogP contribution in [0.2, 0.25) is 0 Å². The van der Waals surface area contributed by atoms with Crippen molar-refractivity contribution in [1.29, 1.82) is 0 Å². The average Bonchev–Trinajstić information content (AvgIpc) is 2.65. The summed E-state index contributed by atoms with van der Waals surface area (Å²) in [7, 11) is 0. The number of benzene rings is 1. The van der Waals surface area contributed by atoms with Crippen LogP contribution in [0, 0.1) is 0 Å². The Kier molecular flexibility index (Phi) is 7.63. The van der Waals surface area contributed by atoms with E-state index in [1.165, 1.54) is 4.90 Å². The summed E-state index contributed by atoms with van der Waals surface area (Å²) >= 11 is 0. The Morgan fingerprint density at radius 3 is 2.85 bits per heavy atom. The molecule has 1 aromatic carbocycles. The van der Waals surface area contributed by atoms with Crippen LogP contribution in [0.4, 0.5) is 4.39 Å². The number of esters is 1. The van der Waals surface area contributed by atoms with Gasteiger partial charge in [0.25, 0.3) is 5.91 Å². The lowest BCUT2D eigenvalue weighted by Crippen LogP contribution is -2.41. The Balaban J connectivity index is 1.96.